The first-order valence-corrected chi connectivity index (χ1v) is 9.66. The maximum absolute atomic E-state index is 6.39. The zero-order chi connectivity index (χ0) is 19.1. The molecular formula is C22H30N4O. The van der Waals surface area contributed by atoms with E-state index in [1.54, 1.807) is 7.05 Å². The van der Waals surface area contributed by atoms with E-state index in [2.05, 4.69) is 17.4 Å². The summed E-state index contributed by atoms with van der Waals surface area (Å²) in [4.78, 5) is 0. The van der Waals surface area contributed by atoms with Crippen molar-refractivity contribution in [2.24, 2.45) is 11.6 Å². The van der Waals surface area contributed by atoms with Crippen molar-refractivity contribution >= 4 is 5.70 Å². The molecule has 0 radical (unpaired) electrons. The van der Waals surface area contributed by atoms with Crippen molar-refractivity contribution < 1.29 is 4.74 Å². The molecule has 0 bridgehead atoms. The van der Waals surface area contributed by atoms with Gasteiger partial charge in [0.25, 0.3) is 0 Å². The Kier molecular flexibility index (Phi) is 6.60. The third kappa shape index (κ3) is 5.41. The zero-order valence-electron chi connectivity index (χ0n) is 16.0. The Morgan fingerprint density at radius 1 is 1.04 bits per heavy atom. The van der Waals surface area contributed by atoms with Crippen LogP contribution in [0.5, 0.6) is 5.75 Å². The maximum Gasteiger partial charge on any atom is 0.140 e. The van der Waals surface area contributed by atoms with Gasteiger partial charge in [-0.1, -0.05) is 36.8 Å². The average molecular weight is 367 g/mol. The second-order valence-electron chi connectivity index (χ2n) is 7.11. The van der Waals surface area contributed by atoms with Gasteiger partial charge in [-0.15, -0.1) is 0 Å². The molecule has 0 heterocycles. The summed E-state index contributed by atoms with van der Waals surface area (Å²) in [5.74, 6) is 7.60. The number of hydrogen-bond donors (Lipinski definition) is 3. The molecular weight excluding hydrogens is 336 g/mol. The fourth-order valence-corrected chi connectivity index (χ4v) is 3.42. The summed E-state index contributed by atoms with van der Waals surface area (Å²) in [5.41, 5.74) is 9.09. The molecule has 0 aliphatic heterocycles. The van der Waals surface area contributed by atoms with Crippen molar-refractivity contribution in [3.05, 3.63) is 71.5 Å². The zero-order valence-corrected chi connectivity index (χ0v) is 16.0. The van der Waals surface area contributed by atoms with E-state index in [9.17, 15) is 0 Å². The van der Waals surface area contributed by atoms with Gasteiger partial charge in [0.1, 0.15) is 11.6 Å². The fraction of sp³-hybridized carbons (Fsp3) is 0.364. The van der Waals surface area contributed by atoms with Gasteiger partial charge in [-0.25, -0.2) is 5.84 Å². The van der Waals surface area contributed by atoms with Crippen molar-refractivity contribution in [3.8, 4) is 5.75 Å². The lowest BCUT2D eigenvalue weighted by molar-refractivity contribution is 0.155. The van der Waals surface area contributed by atoms with Crippen LogP contribution in [0.3, 0.4) is 0 Å². The molecule has 1 saturated carbocycles. The van der Waals surface area contributed by atoms with Crippen molar-refractivity contribution in [1.29, 1.82) is 0 Å². The molecule has 1 aliphatic carbocycles. The lowest BCUT2D eigenvalue weighted by Crippen LogP contribution is -2.35. The molecule has 0 spiro atoms. The van der Waals surface area contributed by atoms with Gasteiger partial charge in [-0.05, 0) is 55.5 Å². The number of hydrazine groups is 1. The molecule has 1 aliphatic rings. The summed E-state index contributed by atoms with van der Waals surface area (Å²) < 4.78 is 6.10. The number of rotatable bonds is 7. The largest absolute Gasteiger partial charge is 0.490 e. The molecule has 0 aromatic heterocycles. The number of nitrogens with two attached hydrogens (primary N) is 2. The van der Waals surface area contributed by atoms with Crippen LogP contribution in [0.2, 0.25) is 0 Å². The highest BCUT2D eigenvalue weighted by Crippen LogP contribution is 2.24. The van der Waals surface area contributed by atoms with Crippen LogP contribution in [-0.4, -0.2) is 18.2 Å². The second kappa shape index (κ2) is 9.33. The van der Waals surface area contributed by atoms with E-state index >= 15 is 0 Å². The minimum atomic E-state index is 0.343. The number of benzene rings is 2. The van der Waals surface area contributed by atoms with Crippen molar-refractivity contribution in [3.63, 3.8) is 0 Å². The quantitative estimate of drug-likeness (QED) is 0.516. The van der Waals surface area contributed by atoms with Gasteiger partial charge in [-0.3, -0.25) is 5.01 Å². The minimum absolute atomic E-state index is 0.343. The van der Waals surface area contributed by atoms with Crippen molar-refractivity contribution in [2.75, 3.05) is 7.05 Å². The molecule has 5 nitrogen and oxygen atoms in total. The highest BCUT2D eigenvalue weighted by molar-refractivity contribution is 5.65. The topological polar surface area (TPSA) is 76.5 Å². The van der Waals surface area contributed by atoms with Crippen LogP contribution in [-0.2, 0) is 6.54 Å². The van der Waals surface area contributed by atoms with Crippen LogP contribution in [0.4, 0.5) is 0 Å². The van der Waals surface area contributed by atoms with Crippen LogP contribution < -0.4 is 21.6 Å². The molecule has 2 aromatic rings. The van der Waals surface area contributed by atoms with Gasteiger partial charge in [0, 0.05) is 19.2 Å². The standard InChI is InChI=1S/C22H30N4O/c1-26(24)22(25-16-17-8-4-2-5-9-17)21(23)18-12-14-20(15-13-18)27-19-10-6-3-7-11-19/h2,4-5,8-9,12-15,19,25H,3,6-7,10-11,16,23-24H2,1H3/b22-21-. The lowest BCUT2D eigenvalue weighted by Gasteiger charge is -2.23. The highest BCUT2D eigenvalue weighted by atomic mass is 16.5. The van der Waals surface area contributed by atoms with E-state index in [0.717, 1.165) is 24.2 Å². The number of nitrogens with zero attached hydrogens (tertiary/aromatic N) is 1. The SMILES string of the molecule is CN(N)/C(NCc1ccccc1)=C(\N)c1ccc(OC2CCCCC2)cc1. The monoisotopic (exact) mass is 366 g/mol. The van der Waals surface area contributed by atoms with E-state index in [0.29, 0.717) is 24.2 Å². The normalized spacial score (nSPS) is 15.8. The van der Waals surface area contributed by atoms with E-state index < -0.39 is 0 Å². The van der Waals surface area contributed by atoms with Crippen LogP contribution in [0.25, 0.3) is 5.70 Å². The van der Waals surface area contributed by atoms with Crippen LogP contribution in [0.1, 0.15) is 43.2 Å². The molecule has 27 heavy (non-hydrogen) atoms. The van der Waals surface area contributed by atoms with Gasteiger partial charge in [0.15, 0.2) is 0 Å². The molecule has 144 valence electrons. The highest BCUT2D eigenvalue weighted by Gasteiger charge is 2.15. The molecule has 0 saturated heterocycles. The molecule has 0 unspecified atom stereocenters. The average Bonchev–Trinajstić information content (AvgIpc) is 2.70. The van der Waals surface area contributed by atoms with Crippen LogP contribution in [0.15, 0.2) is 60.4 Å². The van der Waals surface area contributed by atoms with Crippen molar-refractivity contribution in [1.82, 2.24) is 10.3 Å². The fourth-order valence-electron chi connectivity index (χ4n) is 3.42. The molecule has 0 amide bonds. The van der Waals surface area contributed by atoms with Gasteiger partial charge >= 0.3 is 0 Å². The molecule has 5 heteroatoms. The second-order valence-corrected chi connectivity index (χ2v) is 7.11. The first kappa shape index (κ1) is 19.1. The Morgan fingerprint density at radius 3 is 2.33 bits per heavy atom. The smallest absolute Gasteiger partial charge is 0.140 e. The third-order valence-electron chi connectivity index (χ3n) is 4.93. The van der Waals surface area contributed by atoms with Gasteiger partial charge in [0.05, 0.1) is 11.8 Å². The Morgan fingerprint density at radius 2 is 1.70 bits per heavy atom. The van der Waals surface area contributed by atoms with Crippen LogP contribution in [0, 0.1) is 0 Å². The van der Waals surface area contributed by atoms with E-state index in [1.807, 2.05) is 42.5 Å². The summed E-state index contributed by atoms with van der Waals surface area (Å²) in [7, 11) is 1.78. The molecule has 2 aromatic carbocycles. The predicted octanol–water partition coefficient (Wildman–Crippen LogP) is 3.58. The molecule has 0 atom stereocenters. The Hall–Kier alpha value is -2.66. The van der Waals surface area contributed by atoms with Crippen molar-refractivity contribution in [2.45, 2.75) is 44.8 Å². The van der Waals surface area contributed by atoms with Gasteiger partial charge in [0.2, 0.25) is 0 Å². The summed E-state index contributed by atoms with van der Waals surface area (Å²) in [6, 6.07) is 18.1. The first-order chi connectivity index (χ1) is 13.1. The van der Waals surface area contributed by atoms with Gasteiger partial charge in [-0.2, -0.15) is 0 Å². The molecule has 3 rings (SSSR count). The Bertz CT molecular complexity index is 735. The van der Waals surface area contributed by atoms with E-state index in [-0.39, 0.29) is 0 Å². The first-order valence-electron chi connectivity index (χ1n) is 9.66. The summed E-state index contributed by atoms with van der Waals surface area (Å²) >= 11 is 0. The number of nitrogens with one attached hydrogen (secondary N) is 1. The minimum Gasteiger partial charge on any atom is -0.490 e. The van der Waals surface area contributed by atoms with Gasteiger partial charge < -0.3 is 15.8 Å². The summed E-state index contributed by atoms with van der Waals surface area (Å²) in [6.45, 7) is 0.654. The van der Waals surface area contributed by atoms with E-state index in [1.165, 1.54) is 29.8 Å². The number of ether oxygens (including phenoxy) is 1. The van der Waals surface area contributed by atoms with E-state index in [4.69, 9.17) is 16.3 Å². The summed E-state index contributed by atoms with van der Waals surface area (Å²) in [6.07, 6.45) is 6.49. The summed E-state index contributed by atoms with van der Waals surface area (Å²) in [5, 5.41) is 4.86. The molecule has 5 N–H and O–H groups in total. The third-order valence-corrected chi connectivity index (χ3v) is 4.93. The maximum atomic E-state index is 6.39. The number of hydrogen-bond acceptors (Lipinski definition) is 5. The Balaban J connectivity index is 1.69. The lowest BCUT2D eigenvalue weighted by atomic mass is 9.98. The Labute approximate surface area is 162 Å². The van der Waals surface area contributed by atoms with Crippen LogP contribution >= 0.6 is 0 Å². The predicted molar refractivity (Wildman–Crippen MR) is 110 cm³/mol. The molecule has 1 fully saturated rings.